The van der Waals surface area contributed by atoms with Gasteiger partial charge in [-0.05, 0) is 38.1 Å². The van der Waals surface area contributed by atoms with Crippen LogP contribution in [0, 0.1) is 5.41 Å². The van der Waals surface area contributed by atoms with Crippen LogP contribution in [0.25, 0.3) is 0 Å². The Labute approximate surface area is 160 Å². The van der Waals surface area contributed by atoms with Crippen LogP contribution >= 0.6 is 0 Å². The van der Waals surface area contributed by atoms with Gasteiger partial charge in [0.1, 0.15) is 10.6 Å². The van der Waals surface area contributed by atoms with Crippen molar-refractivity contribution in [1.29, 1.82) is 0 Å². The summed E-state index contributed by atoms with van der Waals surface area (Å²) in [4.78, 5) is 14.3. The van der Waals surface area contributed by atoms with Crippen LogP contribution in [0.15, 0.2) is 29.2 Å². The number of β-amino-alcohol motifs (C(OH)–C–C–N with tert-alkyl or cyclic N) is 1. The molecule has 2 aliphatic heterocycles. The number of nitrogens with one attached hydrogen (secondary N) is 1. The highest BCUT2D eigenvalue weighted by atomic mass is 32.2. The quantitative estimate of drug-likeness (QED) is 0.736. The van der Waals surface area contributed by atoms with E-state index in [0.717, 1.165) is 25.9 Å². The van der Waals surface area contributed by atoms with E-state index in [1.165, 1.54) is 17.4 Å². The number of likely N-dealkylation sites (tertiary alicyclic amines) is 1. The first-order valence-corrected chi connectivity index (χ1v) is 10.6. The van der Waals surface area contributed by atoms with Crippen LogP contribution in [0.3, 0.4) is 0 Å². The first kappa shape index (κ1) is 20.1. The number of carbonyl (C=O) groups is 1. The maximum Gasteiger partial charge on any atom is 0.247 e. The fourth-order valence-electron chi connectivity index (χ4n) is 3.73. The number of hydrogen-bond donors (Lipinski definition) is 2. The third-order valence-electron chi connectivity index (χ3n) is 5.44. The minimum absolute atomic E-state index is 0.0986. The molecule has 1 fully saturated rings. The van der Waals surface area contributed by atoms with Crippen molar-refractivity contribution in [3.8, 4) is 5.75 Å². The van der Waals surface area contributed by atoms with Gasteiger partial charge in [0.05, 0.1) is 19.8 Å². The first-order valence-electron chi connectivity index (χ1n) is 9.16. The van der Waals surface area contributed by atoms with Gasteiger partial charge in [0.25, 0.3) is 0 Å². The zero-order valence-electron chi connectivity index (χ0n) is 15.6. The molecule has 9 heteroatoms. The molecule has 0 aliphatic carbocycles. The van der Waals surface area contributed by atoms with Crippen LogP contribution in [-0.2, 0) is 14.8 Å². The third kappa shape index (κ3) is 4.26. The lowest BCUT2D eigenvalue weighted by atomic mass is 9.78. The Morgan fingerprint density at radius 3 is 2.67 bits per heavy atom. The Hall–Kier alpha value is -1.68. The van der Waals surface area contributed by atoms with Crippen molar-refractivity contribution in [3.63, 3.8) is 0 Å². The van der Waals surface area contributed by atoms with E-state index < -0.39 is 10.0 Å². The van der Waals surface area contributed by atoms with Crippen molar-refractivity contribution in [1.82, 2.24) is 14.5 Å². The molecular weight excluding hydrogens is 370 g/mol. The van der Waals surface area contributed by atoms with Crippen molar-refractivity contribution < 1.29 is 23.1 Å². The number of aliphatic hydroxyl groups is 1. The molecule has 0 bridgehead atoms. The van der Waals surface area contributed by atoms with Gasteiger partial charge >= 0.3 is 0 Å². The molecule has 1 aromatic carbocycles. The summed E-state index contributed by atoms with van der Waals surface area (Å²) in [5, 5.41) is 11.7. The largest absolute Gasteiger partial charge is 0.492 e. The molecule has 1 spiro atoms. The zero-order valence-corrected chi connectivity index (χ0v) is 16.4. The van der Waals surface area contributed by atoms with E-state index in [1.807, 2.05) is 0 Å². The molecule has 0 radical (unpaired) electrons. The van der Waals surface area contributed by atoms with E-state index in [1.54, 1.807) is 18.2 Å². The summed E-state index contributed by atoms with van der Waals surface area (Å²) >= 11 is 0. The smallest absolute Gasteiger partial charge is 0.247 e. The summed E-state index contributed by atoms with van der Waals surface area (Å²) in [5.74, 6) is -0.0123. The van der Waals surface area contributed by atoms with Crippen LogP contribution in [-0.4, -0.2) is 81.6 Å². The van der Waals surface area contributed by atoms with E-state index in [2.05, 4.69) is 10.2 Å². The van der Waals surface area contributed by atoms with Crippen LogP contribution in [0.4, 0.5) is 0 Å². The zero-order chi connectivity index (χ0) is 19.5. The number of likely N-dealkylation sites (N-methyl/N-ethyl adjacent to an activating group) is 1. The molecule has 1 amide bonds. The van der Waals surface area contributed by atoms with Crippen LogP contribution in [0.1, 0.15) is 12.8 Å². The second kappa shape index (κ2) is 8.14. The minimum atomic E-state index is -3.85. The molecule has 3 rings (SSSR count). The molecular formula is C18H27N3O5S. The average Bonchev–Trinajstić information content (AvgIpc) is 2.67. The van der Waals surface area contributed by atoms with Crippen LogP contribution < -0.4 is 10.1 Å². The Morgan fingerprint density at radius 2 is 2.00 bits per heavy atom. The van der Waals surface area contributed by atoms with Crippen molar-refractivity contribution in [2.24, 2.45) is 5.41 Å². The predicted octanol–water partition coefficient (Wildman–Crippen LogP) is -0.110. The minimum Gasteiger partial charge on any atom is -0.492 e. The van der Waals surface area contributed by atoms with Gasteiger partial charge in [-0.1, -0.05) is 12.1 Å². The van der Waals surface area contributed by atoms with Crippen molar-refractivity contribution in [2.45, 2.75) is 17.7 Å². The Kier molecular flexibility index (Phi) is 6.05. The number of sulfonamides is 1. The van der Waals surface area contributed by atoms with Gasteiger partial charge < -0.3 is 20.1 Å². The van der Waals surface area contributed by atoms with Crippen molar-refractivity contribution in [2.75, 3.05) is 53.0 Å². The number of para-hydroxylation sites is 1. The van der Waals surface area contributed by atoms with E-state index in [9.17, 15) is 13.2 Å². The second-order valence-electron chi connectivity index (χ2n) is 7.25. The molecule has 0 aromatic heterocycles. The fourth-order valence-corrected chi connectivity index (χ4v) is 5.37. The molecule has 1 saturated heterocycles. The molecule has 8 nitrogen and oxygen atoms in total. The Morgan fingerprint density at radius 1 is 1.30 bits per heavy atom. The van der Waals surface area contributed by atoms with Crippen molar-refractivity contribution in [3.05, 3.63) is 24.3 Å². The number of carbonyl (C=O) groups excluding carboxylic acids is 1. The highest BCUT2D eigenvalue weighted by molar-refractivity contribution is 7.89. The molecule has 2 N–H and O–H groups in total. The maximum atomic E-state index is 13.2. The molecule has 150 valence electrons. The van der Waals surface area contributed by atoms with E-state index in [4.69, 9.17) is 9.84 Å². The van der Waals surface area contributed by atoms with Crippen molar-refractivity contribution >= 4 is 15.9 Å². The first-order chi connectivity index (χ1) is 12.9. The highest BCUT2D eigenvalue weighted by Gasteiger charge is 2.43. The summed E-state index contributed by atoms with van der Waals surface area (Å²) in [7, 11) is -2.35. The molecule has 1 aromatic rings. The van der Waals surface area contributed by atoms with Gasteiger partial charge in [-0.25, -0.2) is 8.42 Å². The molecule has 0 saturated carbocycles. The van der Waals surface area contributed by atoms with Gasteiger partial charge in [0.15, 0.2) is 0 Å². The van der Waals surface area contributed by atoms with Crippen LogP contribution in [0.2, 0.25) is 0 Å². The maximum absolute atomic E-state index is 13.2. The van der Waals surface area contributed by atoms with Gasteiger partial charge in [0, 0.05) is 25.6 Å². The summed E-state index contributed by atoms with van der Waals surface area (Å²) < 4.78 is 33.7. The molecule has 0 unspecified atom stereocenters. The SMILES string of the molecule is CNC(=O)CN1CC2(CCN(CCO)CC2)COc2ccccc2S1(=O)=O. The van der Waals surface area contributed by atoms with Gasteiger partial charge in [-0.15, -0.1) is 0 Å². The second-order valence-corrected chi connectivity index (χ2v) is 9.15. The lowest BCUT2D eigenvalue weighted by molar-refractivity contribution is -0.121. The monoisotopic (exact) mass is 397 g/mol. The van der Waals surface area contributed by atoms with Crippen LogP contribution in [0.5, 0.6) is 5.75 Å². The van der Waals surface area contributed by atoms with E-state index in [-0.39, 0.29) is 35.9 Å². The predicted molar refractivity (Wildman–Crippen MR) is 100.0 cm³/mol. The molecule has 2 heterocycles. The highest BCUT2D eigenvalue weighted by Crippen LogP contribution is 2.39. The summed E-state index contributed by atoms with van der Waals surface area (Å²) in [6.07, 6.45) is 1.49. The van der Waals surface area contributed by atoms with Gasteiger partial charge in [-0.2, -0.15) is 4.31 Å². The number of piperidine rings is 1. The number of benzene rings is 1. The number of aliphatic hydroxyl groups excluding tert-OH is 1. The average molecular weight is 397 g/mol. The number of fused-ring (bicyclic) bond motifs is 1. The topological polar surface area (TPSA) is 99.2 Å². The lowest BCUT2D eigenvalue weighted by Crippen LogP contribution is -2.53. The van der Waals surface area contributed by atoms with E-state index in [0.29, 0.717) is 18.9 Å². The third-order valence-corrected chi connectivity index (χ3v) is 7.28. The Bertz CT molecular complexity index is 775. The Balaban J connectivity index is 1.94. The number of nitrogens with zero attached hydrogens (tertiary/aromatic N) is 2. The lowest BCUT2D eigenvalue weighted by Gasteiger charge is -2.44. The normalized spacial score (nSPS) is 22.3. The van der Waals surface area contributed by atoms with Gasteiger partial charge in [0.2, 0.25) is 15.9 Å². The van der Waals surface area contributed by atoms with E-state index >= 15 is 0 Å². The summed E-state index contributed by atoms with van der Waals surface area (Å²) in [6.45, 7) is 2.67. The summed E-state index contributed by atoms with van der Waals surface area (Å²) in [5.41, 5.74) is -0.361. The molecule has 0 atom stereocenters. The molecule has 2 aliphatic rings. The molecule has 27 heavy (non-hydrogen) atoms. The number of ether oxygens (including phenoxy) is 1. The summed E-state index contributed by atoms with van der Waals surface area (Å²) in [6, 6.07) is 6.58. The number of rotatable bonds is 4. The fraction of sp³-hybridized carbons (Fsp3) is 0.611. The number of amides is 1. The number of hydrogen-bond acceptors (Lipinski definition) is 6. The standard InChI is InChI=1S/C18H27N3O5S/c1-19-17(23)12-21-13-18(6-8-20(9-7-18)10-11-22)14-26-15-4-2-3-5-16(15)27(21,24)25/h2-5,22H,6-14H2,1H3,(H,19,23). The van der Waals surface area contributed by atoms with Gasteiger partial charge in [-0.3, -0.25) is 4.79 Å².